The minimum absolute atomic E-state index is 0.165. The molecule has 4 heteroatoms. The first-order chi connectivity index (χ1) is 8.50. The van der Waals surface area contributed by atoms with Gasteiger partial charge in [-0.3, -0.25) is 9.59 Å². The monoisotopic (exact) mass is 254 g/mol. The molecule has 0 aromatic carbocycles. The predicted octanol–water partition coefficient (Wildman–Crippen LogP) is 2.50. The van der Waals surface area contributed by atoms with Gasteiger partial charge in [0.05, 0.1) is 13.2 Å². The Balaban J connectivity index is 5.54. The lowest BCUT2D eigenvalue weighted by Gasteiger charge is -2.31. The second kappa shape index (κ2) is 7.69. The van der Waals surface area contributed by atoms with Crippen LogP contribution in [-0.4, -0.2) is 25.2 Å². The van der Waals surface area contributed by atoms with Gasteiger partial charge in [0.2, 0.25) is 0 Å². The molecule has 0 N–H and O–H groups in total. The van der Waals surface area contributed by atoms with Gasteiger partial charge in [-0.2, -0.15) is 0 Å². The van der Waals surface area contributed by atoms with E-state index in [1.54, 1.807) is 26.8 Å². The van der Waals surface area contributed by atoms with Crippen LogP contribution in [0.5, 0.6) is 0 Å². The van der Waals surface area contributed by atoms with E-state index in [9.17, 15) is 9.59 Å². The Bertz CT molecular complexity index is 302. The van der Waals surface area contributed by atoms with Crippen molar-refractivity contribution in [3.63, 3.8) is 0 Å². The molecule has 0 aliphatic carbocycles. The summed E-state index contributed by atoms with van der Waals surface area (Å²) in [7, 11) is 0. The van der Waals surface area contributed by atoms with Crippen molar-refractivity contribution >= 4 is 11.9 Å². The molecule has 1 atom stereocenters. The summed E-state index contributed by atoms with van der Waals surface area (Å²) in [4.78, 5) is 24.3. The molecule has 0 saturated heterocycles. The number of carbonyl (C=O) groups excluding carboxylic acids is 2. The van der Waals surface area contributed by atoms with E-state index in [2.05, 4.69) is 13.2 Å². The zero-order valence-corrected chi connectivity index (χ0v) is 11.4. The normalized spacial score (nSPS) is 12.4. The second-order valence-electron chi connectivity index (χ2n) is 3.93. The van der Waals surface area contributed by atoms with Crippen molar-refractivity contribution in [2.75, 3.05) is 13.2 Å². The minimum Gasteiger partial charge on any atom is -0.465 e. The number of hydrogen-bond donors (Lipinski definition) is 0. The lowest BCUT2D eigenvalue weighted by atomic mass is 9.73. The topological polar surface area (TPSA) is 52.6 Å². The Morgan fingerprint density at radius 2 is 1.61 bits per heavy atom. The molecule has 0 amide bonds. The predicted molar refractivity (Wildman–Crippen MR) is 69.9 cm³/mol. The molecule has 0 spiro atoms. The average molecular weight is 254 g/mol. The lowest BCUT2D eigenvalue weighted by Crippen LogP contribution is -2.46. The first-order valence-corrected chi connectivity index (χ1v) is 6.09. The van der Waals surface area contributed by atoms with Gasteiger partial charge in [-0.25, -0.2) is 0 Å². The van der Waals surface area contributed by atoms with Crippen LogP contribution in [0.3, 0.4) is 0 Å². The van der Waals surface area contributed by atoms with E-state index in [0.29, 0.717) is 0 Å². The van der Waals surface area contributed by atoms with E-state index in [-0.39, 0.29) is 19.6 Å². The molecular weight excluding hydrogens is 232 g/mol. The van der Waals surface area contributed by atoms with Crippen LogP contribution in [0, 0.1) is 11.3 Å². The molecule has 0 aromatic rings. The Labute approximate surface area is 109 Å². The molecule has 0 fully saturated rings. The van der Waals surface area contributed by atoms with Crippen LogP contribution in [0.15, 0.2) is 25.3 Å². The van der Waals surface area contributed by atoms with Gasteiger partial charge in [0, 0.05) is 5.92 Å². The third-order valence-electron chi connectivity index (χ3n) is 2.88. The minimum atomic E-state index is -1.38. The highest BCUT2D eigenvalue weighted by atomic mass is 16.6. The maximum atomic E-state index is 12.2. The molecule has 4 nitrogen and oxygen atoms in total. The maximum Gasteiger partial charge on any atom is 0.324 e. The van der Waals surface area contributed by atoms with Crippen LogP contribution < -0.4 is 0 Å². The van der Waals surface area contributed by atoms with Gasteiger partial charge < -0.3 is 9.47 Å². The van der Waals surface area contributed by atoms with Crippen molar-refractivity contribution in [2.24, 2.45) is 11.3 Å². The third kappa shape index (κ3) is 3.22. The second-order valence-corrected chi connectivity index (χ2v) is 3.93. The van der Waals surface area contributed by atoms with Gasteiger partial charge in [-0.1, -0.05) is 19.1 Å². The van der Waals surface area contributed by atoms with Crippen LogP contribution in [-0.2, 0) is 19.1 Å². The highest BCUT2D eigenvalue weighted by molar-refractivity contribution is 6.01. The van der Waals surface area contributed by atoms with Crippen LogP contribution >= 0.6 is 0 Å². The summed E-state index contributed by atoms with van der Waals surface area (Å²) >= 11 is 0. The molecule has 0 bridgehead atoms. The van der Waals surface area contributed by atoms with Crippen LogP contribution in [0.25, 0.3) is 0 Å². The van der Waals surface area contributed by atoms with Crippen LogP contribution in [0.1, 0.15) is 27.2 Å². The van der Waals surface area contributed by atoms with E-state index in [0.717, 1.165) is 0 Å². The number of hydrogen-bond acceptors (Lipinski definition) is 4. The molecule has 0 aliphatic rings. The molecular formula is C14H22O4. The van der Waals surface area contributed by atoms with E-state index in [4.69, 9.17) is 9.47 Å². The van der Waals surface area contributed by atoms with E-state index in [1.807, 2.05) is 0 Å². The van der Waals surface area contributed by atoms with Gasteiger partial charge in [-0.15, -0.1) is 13.2 Å². The first-order valence-electron chi connectivity index (χ1n) is 6.09. The zero-order valence-electron chi connectivity index (χ0n) is 11.4. The summed E-state index contributed by atoms with van der Waals surface area (Å²) in [5, 5.41) is 0. The number of esters is 2. The Morgan fingerprint density at radius 1 is 1.17 bits per heavy atom. The van der Waals surface area contributed by atoms with Crippen LogP contribution in [0.2, 0.25) is 0 Å². The van der Waals surface area contributed by atoms with Gasteiger partial charge in [-0.05, 0) is 20.3 Å². The Morgan fingerprint density at radius 3 is 1.89 bits per heavy atom. The summed E-state index contributed by atoms with van der Waals surface area (Å²) in [5.41, 5.74) is -1.38. The molecule has 0 radical (unpaired) electrons. The SMILES string of the molecule is C=CCC(C(=O)OCC)(C(=O)OCC)C(C)C=C. The summed E-state index contributed by atoms with van der Waals surface area (Å²) < 4.78 is 10.0. The molecule has 0 rings (SSSR count). The number of rotatable bonds is 8. The molecule has 0 heterocycles. The average Bonchev–Trinajstić information content (AvgIpc) is 2.35. The number of allylic oxidation sites excluding steroid dienone is 2. The summed E-state index contributed by atoms with van der Waals surface area (Å²) in [6.07, 6.45) is 3.24. The van der Waals surface area contributed by atoms with Crippen molar-refractivity contribution in [1.82, 2.24) is 0 Å². The lowest BCUT2D eigenvalue weighted by molar-refractivity contribution is -0.174. The summed E-state index contributed by atoms with van der Waals surface area (Å²) in [5.74, 6) is -1.57. The van der Waals surface area contributed by atoms with Crippen molar-refractivity contribution in [1.29, 1.82) is 0 Å². The molecule has 0 aliphatic heterocycles. The van der Waals surface area contributed by atoms with Crippen LogP contribution in [0.4, 0.5) is 0 Å². The standard InChI is InChI=1S/C14H22O4/c1-6-10-14(11(5)7-2,12(15)17-8-3)13(16)18-9-4/h6-7,11H,1-2,8-10H2,3-5H3. The highest BCUT2D eigenvalue weighted by Crippen LogP contribution is 2.36. The van der Waals surface area contributed by atoms with Gasteiger partial charge in [0.25, 0.3) is 0 Å². The summed E-state index contributed by atoms with van der Waals surface area (Å²) in [6.45, 7) is 12.8. The fourth-order valence-corrected chi connectivity index (χ4v) is 1.76. The quantitative estimate of drug-likeness (QED) is 0.379. The summed E-state index contributed by atoms with van der Waals surface area (Å²) in [6, 6.07) is 0. The molecule has 1 unspecified atom stereocenters. The first kappa shape index (κ1) is 16.4. The van der Waals surface area contributed by atoms with Crippen molar-refractivity contribution in [2.45, 2.75) is 27.2 Å². The van der Waals surface area contributed by atoms with E-state index in [1.165, 1.54) is 6.08 Å². The maximum absolute atomic E-state index is 12.2. The van der Waals surface area contributed by atoms with Crippen molar-refractivity contribution in [3.05, 3.63) is 25.3 Å². The Hall–Kier alpha value is -1.58. The molecule has 18 heavy (non-hydrogen) atoms. The number of carbonyl (C=O) groups is 2. The van der Waals surface area contributed by atoms with Crippen molar-refractivity contribution in [3.8, 4) is 0 Å². The third-order valence-corrected chi connectivity index (χ3v) is 2.88. The van der Waals surface area contributed by atoms with Gasteiger partial charge >= 0.3 is 11.9 Å². The number of ether oxygens (including phenoxy) is 2. The fraction of sp³-hybridized carbons (Fsp3) is 0.571. The molecule has 102 valence electrons. The van der Waals surface area contributed by atoms with Gasteiger partial charge in [0.15, 0.2) is 5.41 Å². The largest absolute Gasteiger partial charge is 0.465 e. The zero-order chi connectivity index (χ0) is 14.2. The molecule has 0 saturated carbocycles. The molecule has 0 aromatic heterocycles. The van der Waals surface area contributed by atoms with E-state index >= 15 is 0 Å². The smallest absolute Gasteiger partial charge is 0.324 e. The Kier molecular flexibility index (Phi) is 7.01. The van der Waals surface area contributed by atoms with E-state index < -0.39 is 23.3 Å². The fourth-order valence-electron chi connectivity index (χ4n) is 1.76. The van der Waals surface area contributed by atoms with Gasteiger partial charge in [0.1, 0.15) is 0 Å². The van der Waals surface area contributed by atoms with Crippen molar-refractivity contribution < 1.29 is 19.1 Å². The highest BCUT2D eigenvalue weighted by Gasteiger charge is 2.51.